The SMILES string of the molecule is Cc1c([C@H](Nc2cc(C#N)c3ncc(C#N)c(NCC(C)(C)C)c3c2)C2=CN(C3(C(F)(F)F)CC3)NN2)cccc1-n1cnnn1. The number of nitriles is 2. The van der Waals surface area contributed by atoms with Crippen LogP contribution in [0.3, 0.4) is 0 Å². The summed E-state index contributed by atoms with van der Waals surface area (Å²) in [4.78, 5) is 4.42. The molecular weight excluding hydrogens is 597 g/mol. The van der Waals surface area contributed by atoms with Gasteiger partial charge in [-0.25, -0.2) is 4.68 Å². The molecule has 236 valence electrons. The van der Waals surface area contributed by atoms with Gasteiger partial charge in [-0.2, -0.15) is 23.7 Å². The standard InChI is InChI=1S/C31H31F3N12/c1-18-22(6-5-7-25(18)45-17-39-42-44-45)28(24-15-46(43-41-24)30(8-9-30)31(32,33)34)40-21-10-19(12-35)26-23(11-21)27(20(13-36)14-37-26)38-16-29(2,3)4/h5-7,10-11,14-15,17,28,40-41,43H,8-9,16H2,1-4H3,(H,37,38)/t28-/m0/s1. The van der Waals surface area contributed by atoms with E-state index < -0.39 is 17.8 Å². The summed E-state index contributed by atoms with van der Waals surface area (Å²) >= 11 is 0. The molecule has 1 aliphatic carbocycles. The summed E-state index contributed by atoms with van der Waals surface area (Å²) in [6.07, 6.45) is -0.168. The zero-order valence-electron chi connectivity index (χ0n) is 25.5. The number of halogens is 3. The van der Waals surface area contributed by atoms with Gasteiger partial charge in [-0.1, -0.05) is 32.9 Å². The molecular formula is C31H31F3N12. The van der Waals surface area contributed by atoms with Crippen molar-refractivity contribution in [2.45, 2.75) is 58.3 Å². The fourth-order valence-electron chi connectivity index (χ4n) is 5.55. The van der Waals surface area contributed by atoms with Crippen molar-refractivity contribution in [3.63, 3.8) is 0 Å². The third-order valence-corrected chi connectivity index (χ3v) is 8.18. The van der Waals surface area contributed by atoms with Crippen LogP contribution >= 0.6 is 0 Å². The maximum atomic E-state index is 14.0. The van der Waals surface area contributed by atoms with E-state index >= 15 is 0 Å². The van der Waals surface area contributed by atoms with E-state index in [1.165, 1.54) is 23.4 Å². The van der Waals surface area contributed by atoms with Crippen molar-refractivity contribution >= 4 is 22.3 Å². The van der Waals surface area contributed by atoms with Crippen molar-refractivity contribution < 1.29 is 13.2 Å². The number of benzene rings is 2. The van der Waals surface area contributed by atoms with Gasteiger partial charge in [-0.15, -0.1) is 10.6 Å². The summed E-state index contributed by atoms with van der Waals surface area (Å²) in [5.74, 6) is 0. The van der Waals surface area contributed by atoms with Gasteiger partial charge in [0, 0.05) is 30.0 Å². The molecule has 2 aromatic heterocycles. The molecule has 6 rings (SSSR count). The topological polar surface area (TPSA) is 155 Å². The Balaban J connectivity index is 1.48. The predicted molar refractivity (Wildman–Crippen MR) is 164 cm³/mol. The third kappa shape index (κ3) is 5.50. The number of alkyl halides is 3. The Hall–Kier alpha value is -5.41. The molecule has 0 amide bonds. The predicted octanol–water partition coefficient (Wildman–Crippen LogP) is 5.13. The van der Waals surface area contributed by atoms with E-state index in [2.05, 4.69) is 75.0 Å². The Morgan fingerprint density at radius 2 is 1.87 bits per heavy atom. The average molecular weight is 629 g/mol. The lowest BCUT2D eigenvalue weighted by Gasteiger charge is -2.28. The lowest BCUT2D eigenvalue weighted by Crippen LogP contribution is -2.52. The van der Waals surface area contributed by atoms with E-state index in [-0.39, 0.29) is 23.8 Å². The van der Waals surface area contributed by atoms with Crippen molar-refractivity contribution in [3.8, 4) is 17.8 Å². The number of nitrogens with zero attached hydrogens (tertiary/aromatic N) is 8. The van der Waals surface area contributed by atoms with Crippen molar-refractivity contribution in [1.82, 2.24) is 41.2 Å². The molecule has 2 aromatic carbocycles. The van der Waals surface area contributed by atoms with Gasteiger partial charge >= 0.3 is 6.18 Å². The van der Waals surface area contributed by atoms with Crippen LogP contribution in [-0.4, -0.2) is 48.5 Å². The molecule has 3 heterocycles. The molecule has 1 atom stereocenters. The molecule has 0 bridgehead atoms. The van der Waals surface area contributed by atoms with Gasteiger partial charge in [0.1, 0.15) is 18.5 Å². The van der Waals surface area contributed by atoms with E-state index in [1.54, 1.807) is 12.1 Å². The Labute approximate surface area is 262 Å². The molecule has 1 saturated carbocycles. The Kier molecular flexibility index (Phi) is 7.45. The van der Waals surface area contributed by atoms with Gasteiger partial charge in [0.05, 0.1) is 39.8 Å². The highest BCUT2D eigenvalue weighted by Gasteiger charge is 2.67. The fourth-order valence-corrected chi connectivity index (χ4v) is 5.55. The number of pyridine rings is 1. The van der Waals surface area contributed by atoms with Crippen LogP contribution in [0.25, 0.3) is 16.6 Å². The van der Waals surface area contributed by atoms with Crippen LogP contribution in [0.1, 0.15) is 61.9 Å². The maximum Gasteiger partial charge on any atom is 0.413 e. The smallest absolute Gasteiger partial charge is 0.383 e. The van der Waals surface area contributed by atoms with Gasteiger partial charge in [-0.3, -0.25) is 9.99 Å². The second kappa shape index (κ2) is 11.2. The summed E-state index contributed by atoms with van der Waals surface area (Å²) < 4.78 is 43.6. The highest BCUT2D eigenvalue weighted by atomic mass is 19.4. The highest BCUT2D eigenvalue weighted by molar-refractivity contribution is 5.99. The molecule has 4 N–H and O–H groups in total. The van der Waals surface area contributed by atoms with Crippen LogP contribution in [0, 0.1) is 35.0 Å². The molecule has 2 aliphatic rings. The lowest BCUT2D eigenvalue weighted by molar-refractivity contribution is -0.195. The quantitative estimate of drug-likeness (QED) is 0.205. The number of nitrogens with one attached hydrogen (secondary N) is 4. The largest absolute Gasteiger partial charge is 0.413 e. The first-order valence-electron chi connectivity index (χ1n) is 14.5. The van der Waals surface area contributed by atoms with Gasteiger partial charge < -0.3 is 16.1 Å². The number of aromatic nitrogens is 5. The van der Waals surface area contributed by atoms with Gasteiger partial charge in [0.15, 0.2) is 5.54 Å². The summed E-state index contributed by atoms with van der Waals surface area (Å²) in [5, 5.41) is 40.0. The van der Waals surface area contributed by atoms with Crippen molar-refractivity contribution in [2.75, 3.05) is 17.2 Å². The molecule has 0 saturated heterocycles. The summed E-state index contributed by atoms with van der Waals surface area (Å²) in [6.45, 7) is 8.60. The van der Waals surface area contributed by atoms with Gasteiger partial charge in [0.2, 0.25) is 0 Å². The van der Waals surface area contributed by atoms with E-state index in [4.69, 9.17) is 0 Å². The first-order chi connectivity index (χ1) is 21.8. The molecule has 46 heavy (non-hydrogen) atoms. The number of hydrogen-bond acceptors (Lipinski definition) is 11. The highest BCUT2D eigenvalue weighted by Crippen LogP contribution is 2.54. The monoisotopic (exact) mass is 628 g/mol. The van der Waals surface area contributed by atoms with Crippen LogP contribution in [-0.2, 0) is 0 Å². The van der Waals surface area contributed by atoms with Crippen LogP contribution in [0.4, 0.5) is 24.5 Å². The van der Waals surface area contributed by atoms with Crippen LogP contribution in [0.2, 0.25) is 0 Å². The molecule has 4 aromatic rings. The van der Waals surface area contributed by atoms with E-state index in [0.717, 1.165) is 16.1 Å². The van der Waals surface area contributed by atoms with Gasteiger partial charge in [-0.05, 0) is 64.9 Å². The Bertz CT molecular complexity index is 1910. The zero-order chi connectivity index (χ0) is 32.9. The number of hydrazine groups is 2. The minimum absolute atomic E-state index is 0.0321. The Morgan fingerprint density at radius 3 is 2.50 bits per heavy atom. The van der Waals surface area contributed by atoms with Crippen LogP contribution < -0.4 is 21.6 Å². The number of rotatable bonds is 8. The summed E-state index contributed by atoms with van der Waals surface area (Å²) in [5.41, 5.74) is 8.18. The number of anilines is 2. The van der Waals surface area contributed by atoms with Crippen LogP contribution in [0.5, 0.6) is 0 Å². The number of fused-ring (bicyclic) bond motifs is 1. The average Bonchev–Trinajstić information content (AvgIpc) is 3.41. The van der Waals surface area contributed by atoms with Gasteiger partial charge in [0.25, 0.3) is 0 Å². The summed E-state index contributed by atoms with van der Waals surface area (Å²) in [6, 6.07) is 12.6. The summed E-state index contributed by atoms with van der Waals surface area (Å²) in [7, 11) is 0. The maximum absolute atomic E-state index is 14.0. The molecule has 15 heteroatoms. The minimum atomic E-state index is -4.44. The van der Waals surface area contributed by atoms with E-state index in [1.807, 2.05) is 25.1 Å². The van der Waals surface area contributed by atoms with Crippen LogP contribution in [0.15, 0.2) is 54.8 Å². The van der Waals surface area contributed by atoms with Crippen molar-refractivity contribution in [2.24, 2.45) is 5.41 Å². The zero-order valence-corrected chi connectivity index (χ0v) is 25.5. The number of tetrazole rings is 1. The number of hydrogen-bond donors (Lipinski definition) is 4. The fraction of sp³-hybridized carbons (Fsp3) is 0.355. The first-order valence-corrected chi connectivity index (χ1v) is 14.5. The second-order valence-corrected chi connectivity index (χ2v) is 12.6. The molecule has 0 unspecified atom stereocenters. The normalized spacial score (nSPS) is 16.3. The Morgan fingerprint density at radius 1 is 1.11 bits per heavy atom. The molecule has 1 fully saturated rings. The third-order valence-electron chi connectivity index (χ3n) is 8.18. The molecule has 12 nitrogen and oxygen atoms in total. The minimum Gasteiger partial charge on any atom is -0.383 e. The second-order valence-electron chi connectivity index (χ2n) is 12.6. The van der Waals surface area contributed by atoms with E-state index in [0.29, 0.717) is 45.8 Å². The molecule has 1 aliphatic heterocycles. The van der Waals surface area contributed by atoms with Crippen molar-refractivity contribution in [1.29, 1.82) is 10.5 Å². The lowest BCUT2D eigenvalue weighted by atomic mass is 9.95. The molecule has 0 radical (unpaired) electrons. The molecule has 0 spiro atoms. The van der Waals surface area contributed by atoms with E-state index in [9.17, 15) is 23.7 Å². The first kappa shape index (κ1) is 30.6. The van der Waals surface area contributed by atoms with Crippen molar-refractivity contribution in [3.05, 3.63) is 77.0 Å².